The molecule has 9 nitrogen and oxygen atoms in total. The van der Waals surface area contributed by atoms with Crippen LogP contribution in [-0.4, -0.2) is 70.0 Å². The summed E-state index contributed by atoms with van der Waals surface area (Å²) in [5.74, 6) is -0.958. The number of phosphoric ester groups is 1. The number of rotatable bonds is 23. The Morgan fingerprint density at radius 2 is 1.51 bits per heavy atom. The largest absolute Gasteiger partial charge is 0.756 e. The number of esters is 2. The van der Waals surface area contributed by atoms with Crippen molar-refractivity contribution < 1.29 is 42.1 Å². The van der Waals surface area contributed by atoms with Crippen LogP contribution in [0.5, 0.6) is 0 Å². The van der Waals surface area contributed by atoms with E-state index < -0.39 is 32.5 Å². The van der Waals surface area contributed by atoms with Crippen LogP contribution in [0, 0.1) is 0 Å². The Kier molecular flexibility index (Phi) is 20.6. The lowest BCUT2D eigenvalue weighted by molar-refractivity contribution is -0.870. The van der Waals surface area contributed by atoms with Gasteiger partial charge in [-0.25, -0.2) is 0 Å². The van der Waals surface area contributed by atoms with E-state index in [0.717, 1.165) is 44.9 Å². The number of nitrogens with zero attached hydrogens (tertiary/aromatic N) is 1. The zero-order chi connectivity index (χ0) is 28.0. The topological polar surface area (TPSA) is 111 Å². The molecule has 2 atom stereocenters. The molecule has 2 unspecified atom stereocenters. The first-order chi connectivity index (χ1) is 17.5. The number of unbranched alkanes of at least 4 members (excludes halogenated alkanes) is 6. The van der Waals surface area contributed by atoms with Crippen molar-refractivity contribution in [2.45, 2.75) is 90.6 Å². The number of allylic oxidation sites excluding steroid dienone is 4. The molecule has 0 N–H and O–H groups in total. The standard InChI is InChI=1S/C27H50NO8P/c1-6-8-9-10-11-12-13-14-15-16-17-18-19-20-27(30)36-25(23-33-26(29)7-2)24-35-37(31,32)34-22-21-28(3,4)5/h9-10,12-13,25H,6-8,11,14-24H2,1-5H3/b10-9-,13-12-. The van der Waals surface area contributed by atoms with Crippen LogP contribution in [0.15, 0.2) is 24.3 Å². The molecule has 0 heterocycles. The Balaban J connectivity index is 4.27. The van der Waals surface area contributed by atoms with Gasteiger partial charge in [-0.1, -0.05) is 63.8 Å². The first-order valence-electron chi connectivity index (χ1n) is 13.5. The highest BCUT2D eigenvalue weighted by Crippen LogP contribution is 2.38. The van der Waals surface area contributed by atoms with E-state index in [4.69, 9.17) is 18.5 Å². The van der Waals surface area contributed by atoms with Crippen molar-refractivity contribution in [1.29, 1.82) is 0 Å². The summed E-state index contributed by atoms with van der Waals surface area (Å²) in [6.07, 6.45) is 17.3. The molecular weight excluding hydrogens is 497 g/mol. The summed E-state index contributed by atoms with van der Waals surface area (Å²) >= 11 is 0. The number of phosphoric acid groups is 1. The van der Waals surface area contributed by atoms with Crippen molar-refractivity contribution in [3.63, 3.8) is 0 Å². The molecule has 37 heavy (non-hydrogen) atoms. The monoisotopic (exact) mass is 547 g/mol. The van der Waals surface area contributed by atoms with Gasteiger partial charge in [-0.2, -0.15) is 0 Å². The average Bonchev–Trinajstić information content (AvgIpc) is 2.82. The molecule has 0 aromatic rings. The van der Waals surface area contributed by atoms with Gasteiger partial charge in [0.15, 0.2) is 6.10 Å². The molecule has 0 aliphatic rings. The van der Waals surface area contributed by atoms with Crippen molar-refractivity contribution in [3.8, 4) is 0 Å². The minimum Gasteiger partial charge on any atom is -0.756 e. The molecule has 0 aliphatic carbocycles. The summed E-state index contributed by atoms with van der Waals surface area (Å²) in [5, 5.41) is 0. The number of carbonyl (C=O) groups excluding carboxylic acids is 2. The highest BCUT2D eigenvalue weighted by molar-refractivity contribution is 7.45. The van der Waals surface area contributed by atoms with Crippen molar-refractivity contribution >= 4 is 19.8 Å². The van der Waals surface area contributed by atoms with Gasteiger partial charge < -0.3 is 27.9 Å². The first kappa shape index (κ1) is 35.5. The van der Waals surface area contributed by atoms with E-state index in [1.54, 1.807) is 6.92 Å². The maximum Gasteiger partial charge on any atom is 0.306 e. The summed E-state index contributed by atoms with van der Waals surface area (Å²) in [5.41, 5.74) is 0. The lowest BCUT2D eigenvalue weighted by atomic mass is 10.1. The minimum atomic E-state index is -4.58. The van der Waals surface area contributed by atoms with Gasteiger partial charge in [-0.05, 0) is 32.1 Å². The molecule has 0 bridgehead atoms. The highest BCUT2D eigenvalue weighted by Gasteiger charge is 2.21. The number of carbonyl (C=O) groups is 2. The van der Waals surface area contributed by atoms with E-state index in [-0.39, 0.29) is 26.1 Å². The molecule has 0 radical (unpaired) electrons. The van der Waals surface area contributed by atoms with Crippen LogP contribution in [0.2, 0.25) is 0 Å². The van der Waals surface area contributed by atoms with Gasteiger partial charge in [0.2, 0.25) is 0 Å². The predicted molar refractivity (Wildman–Crippen MR) is 144 cm³/mol. The van der Waals surface area contributed by atoms with Gasteiger partial charge in [0.05, 0.1) is 27.7 Å². The molecule has 0 aromatic carbocycles. The van der Waals surface area contributed by atoms with Crippen molar-refractivity contribution in [2.24, 2.45) is 0 Å². The third-order valence-electron chi connectivity index (χ3n) is 5.26. The summed E-state index contributed by atoms with van der Waals surface area (Å²) in [6, 6.07) is 0. The van der Waals surface area contributed by atoms with Gasteiger partial charge in [0.25, 0.3) is 7.82 Å². The summed E-state index contributed by atoms with van der Waals surface area (Å²) in [6.45, 7) is 3.48. The van der Waals surface area contributed by atoms with Gasteiger partial charge in [0.1, 0.15) is 19.8 Å². The SMILES string of the molecule is CCC/C=C\C/C=C\CCCCCCCC(=O)OC(COC(=O)CC)COP(=O)([O-])OCC[N+](C)(C)C. The number of ether oxygens (including phenoxy) is 2. The van der Waals surface area contributed by atoms with Gasteiger partial charge in [-0.15, -0.1) is 0 Å². The fraction of sp³-hybridized carbons (Fsp3) is 0.778. The van der Waals surface area contributed by atoms with E-state index in [9.17, 15) is 19.0 Å². The third kappa shape index (κ3) is 24.6. The second-order valence-corrected chi connectivity index (χ2v) is 11.4. The average molecular weight is 548 g/mol. The number of hydrogen-bond donors (Lipinski definition) is 0. The van der Waals surface area contributed by atoms with Gasteiger partial charge in [-0.3, -0.25) is 14.2 Å². The fourth-order valence-corrected chi connectivity index (χ4v) is 3.75. The molecular formula is C27H50NO8P. The van der Waals surface area contributed by atoms with Crippen LogP contribution in [0.25, 0.3) is 0 Å². The normalized spacial score (nSPS) is 14.6. The van der Waals surface area contributed by atoms with Crippen LogP contribution in [0.3, 0.4) is 0 Å². The summed E-state index contributed by atoms with van der Waals surface area (Å²) in [7, 11) is 1.14. The van der Waals surface area contributed by atoms with Crippen molar-refractivity contribution in [1.82, 2.24) is 0 Å². The molecule has 0 fully saturated rings. The van der Waals surface area contributed by atoms with E-state index in [2.05, 4.69) is 31.2 Å². The molecule has 0 saturated heterocycles. The minimum absolute atomic E-state index is 0.0355. The van der Waals surface area contributed by atoms with Crippen LogP contribution >= 0.6 is 7.82 Å². The summed E-state index contributed by atoms with van der Waals surface area (Å²) in [4.78, 5) is 35.8. The predicted octanol–water partition coefficient (Wildman–Crippen LogP) is 5.09. The Bertz CT molecular complexity index is 718. The Morgan fingerprint density at radius 1 is 0.865 bits per heavy atom. The van der Waals surface area contributed by atoms with Crippen molar-refractivity contribution in [3.05, 3.63) is 24.3 Å². The molecule has 0 aliphatic heterocycles. The first-order valence-corrected chi connectivity index (χ1v) is 15.0. The van der Waals surface area contributed by atoms with Crippen molar-refractivity contribution in [2.75, 3.05) is 47.5 Å². The zero-order valence-corrected chi connectivity index (χ0v) is 24.5. The molecule has 0 aromatic heterocycles. The smallest absolute Gasteiger partial charge is 0.306 e. The van der Waals surface area contributed by atoms with E-state index in [1.807, 2.05) is 21.1 Å². The molecule has 0 rings (SSSR count). The summed E-state index contributed by atoms with van der Waals surface area (Å²) < 4.78 is 32.7. The molecule has 0 spiro atoms. The van der Waals surface area contributed by atoms with E-state index in [1.165, 1.54) is 6.42 Å². The lowest BCUT2D eigenvalue weighted by Crippen LogP contribution is -2.37. The number of hydrogen-bond acceptors (Lipinski definition) is 8. The van der Waals surface area contributed by atoms with Gasteiger partial charge in [0, 0.05) is 12.8 Å². The Labute approximate surface area is 224 Å². The Hall–Kier alpha value is -1.51. The van der Waals surface area contributed by atoms with E-state index >= 15 is 0 Å². The Morgan fingerprint density at radius 3 is 2.16 bits per heavy atom. The maximum atomic E-state index is 12.3. The lowest BCUT2D eigenvalue weighted by Gasteiger charge is -2.28. The quantitative estimate of drug-likeness (QED) is 0.0572. The maximum absolute atomic E-state index is 12.3. The van der Waals surface area contributed by atoms with E-state index in [0.29, 0.717) is 17.4 Å². The van der Waals surface area contributed by atoms with Crippen LogP contribution in [-0.2, 0) is 32.7 Å². The van der Waals surface area contributed by atoms with Crippen LogP contribution in [0.4, 0.5) is 0 Å². The molecule has 0 saturated carbocycles. The second kappa shape index (κ2) is 21.4. The van der Waals surface area contributed by atoms with Gasteiger partial charge >= 0.3 is 11.9 Å². The fourth-order valence-electron chi connectivity index (χ4n) is 3.02. The number of quaternary nitrogens is 1. The number of likely N-dealkylation sites (N-methyl/N-ethyl adjacent to an activating group) is 1. The second-order valence-electron chi connectivity index (χ2n) is 10.0. The highest BCUT2D eigenvalue weighted by atomic mass is 31.2. The zero-order valence-electron chi connectivity index (χ0n) is 23.7. The molecule has 10 heteroatoms. The molecule has 216 valence electrons. The van der Waals surface area contributed by atoms with Crippen LogP contribution in [0.1, 0.15) is 84.5 Å². The molecule has 0 amide bonds. The van der Waals surface area contributed by atoms with Crippen LogP contribution < -0.4 is 4.89 Å². The third-order valence-corrected chi connectivity index (χ3v) is 6.22.